The summed E-state index contributed by atoms with van der Waals surface area (Å²) in [6.07, 6.45) is -4.78. The van der Waals surface area contributed by atoms with Crippen LogP contribution < -0.4 is 9.70 Å². The van der Waals surface area contributed by atoms with Gasteiger partial charge in [0.2, 0.25) is 0 Å². The molecule has 1 atom stereocenters. The van der Waals surface area contributed by atoms with Crippen molar-refractivity contribution in [2.45, 2.75) is 26.1 Å². The lowest BCUT2D eigenvalue weighted by Crippen LogP contribution is -2.43. The second-order valence-electron chi connectivity index (χ2n) is 6.14. The summed E-state index contributed by atoms with van der Waals surface area (Å²) in [6, 6.07) is 3.73. The van der Waals surface area contributed by atoms with E-state index >= 15 is 0 Å². The van der Waals surface area contributed by atoms with Gasteiger partial charge >= 0.3 is 12.1 Å². The second kappa shape index (κ2) is 7.98. The first-order chi connectivity index (χ1) is 14.0. The summed E-state index contributed by atoms with van der Waals surface area (Å²) in [5.74, 6) is -2.66. The zero-order valence-electron chi connectivity index (χ0n) is 15.5. The minimum absolute atomic E-state index is 0.0409. The van der Waals surface area contributed by atoms with Crippen LogP contribution in [0.25, 0.3) is 11.0 Å². The van der Waals surface area contributed by atoms with E-state index in [1.54, 1.807) is 6.92 Å². The van der Waals surface area contributed by atoms with Gasteiger partial charge in [-0.15, -0.1) is 0 Å². The maximum absolute atomic E-state index is 14.2. The Morgan fingerprint density at radius 1 is 1.33 bits per heavy atom. The van der Waals surface area contributed by atoms with Crippen molar-refractivity contribution in [2.75, 3.05) is 6.61 Å². The Kier molecular flexibility index (Phi) is 5.75. The summed E-state index contributed by atoms with van der Waals surface area (Å²) in [4.78, 5) is 12.2. The van der Waals surface area contributed by atoms with E-state index in [-0.39, 0.29) is 34.4 Å². The highest BCUT2D eigenvalue weighted by atomic mass is 35.5. The van der Waals surface area contributed by atoms with Crippen LogP contribution in [0.4, 0.5) is 17.6 Å². The molecule has 0 aliphatic rings. The third-order valence-corrected chi connectivity index (χ3v) is 4.39. The molecule has 3 rings (SSSR count). The second-order valence-corrected chi connectivity index (χ2v) is 6.55. The number of halogens is 5. The molecule has 0 fully saturated rings. The summed E-state index contributed by atoms with van der Waals surface area (Å²) in [5, 5.41) is 15.3. The monoisotopic (exact) mass is 447 g/mol. The molecule has 0 aliphatic carbocycles. The highest BCUT2D eigenvalue weighted by Gasteiger charge is 2.33. The average molecular weight is 448 g/mol. The number of rotatable bonds is 5. The van der Waals surface area contributed by atoms with E-state index in [9.17, 15) is 27.6 Å². The Bertz CT molecular complexity index is 1090. The Morgan fingerprint density at radius 2 is 2.03 bits per heavy atom. The molecule has 0 bridgehead atoms. The zero-order chi connectivity index (χ0) is 22.2. The number of hydrogen-bond acceptors (Lipinski definition) is 5. The van der Waals surface area contributed by atoms with Crippen LogP contribution in [0.3, 0.4) is 0 Å². The van der Waals surface area contributed by atoms with E-state index in [1.165, 1.54) is 25.1 Å². The topological polar surface area (TPSA) is 80.3 Å². The van der Waals surface area contributed by atoms with Gasteiger partial charge in [-0.25, -0.2) is 9.18 Å². The van der Waals surface area contributed by atoms with Gasteiger partial charge in [-0.3, -0.25) is 0 Å². The highest BCUT2D eigenvalue weighted by molar-refractivity contribution is 6.32. The van der Waals surface area contributed by atoms with Gasteiger partial charge in [-0.2, -0.15) is 13.2 Å². The molecule has 3 aromatic rings. The van der Waals surface area contributed by atoms with Crippen LogP contribution in [0.5, 0.6) is 11.5 Å². The van der Waals surface area contributed by atoms with E-state index in [0.717, 1.165) is 4.68 Å². The van der Waals surface area contributed by atoms with Crippen LogP contribution in [0.1, 0.15) is 25.5 Å². The highest BCUT2D eigenvalue weighted by Crippen LogP contribution is 2.39. The number of aromatic nitrogens is 3. The zero-order valence-corrected chi connectivity index (χ0v) is 16.3. The van der Waals surface area contributed by atoms with Crippen molar-refractivity contribution in [1.29, 1.82) is 0 Å². The number of carbonyl (C=O) groups excluding carboxylic acids is 1. The fourth-order valence-corrected chi connectivity index (χ4v) is 2.97. The third-order valence-electron chi connectivity index (χ3n) is 4.11. The van der Waals surface area contributed by atoms with Crippen molar-refractivity contribution in [3.05, 3.63) is 51.9 Å². The summed E-state index contributed by atoms with van der Waals surface area (Å²) in [7, 11) is 0. The maximum Gasteiger partial charge on any atom is 0.416 e. The number of esters is 1. The van der Waals surface area contributed by atoms with Crippen molar-refractivity contribution in [2.24, 2.45) is 0 Å². The largest absolute Gasteiger partial charge is 0.571 e. The molecule has 0 N–H and O–H groups in total. The Hall–Kier alpha value is -3.08. The van der Waals surface area contributed by atoms with Gasteiger partial charge in [0.15, 0.2) is 23.1 Å². The summed E-state index contributed by atoms with van der Waals surface area (Å²) in [5.41, 5.74) is -0.902. The van der Waals surface area contributed by atoms with Gasteiger partial charge in [0, 0.05) is 16.1 Å². The Balaban J connectivity index is 2.01. The van der Waals surface area contributed by atoms with Crippen molar-refractivity contribution in [1.82, 2.24) is 9.78 Å². The van der Waals surface area contributed by atoms with Crippen molar-refractivity contribution in [3.63, 3.8) is 0 Å². The molecular weight excluding hydrogens is 434 g/mol. The summed E-state index contributed by atoms with van der Waals surface area (Å²) in [6.45, 7) is 3.14. The van der Waals surface area contributed by atoms with E-state index in [4.69, 9.17) is 21.1 Å². The van der Waals surface area contributed by atoms with Gasteiger partial charge in [-0.1, -0.05) is 16.3 Å². The number of alkyl halides is 3. The van der Waals surface area contributed by atoms with E-state index in [2.05, 4.69) is 5.10 Å². The van der Waals surface area contributed by atoms with Gasteiger partial charge in [0.25, 0.3) is 0 Å². The molecule has 0 amide bonds. The van der Waals surface area contributed by atoms with Crippen molar-refractivity contribution in [3.8, 4) is 11.5 Å². The summed E-state index contributed by atoms with van der Waals surface area (Å²) >= 11 is 5.77. The number of nitrogens with zero attached hydrogens (tertiary/aromatic N) is 3. The Morgan fingerprint density at radius 3 is 2.63 bits per heavy atom. The molecule has 0 saturated carbocycles. The lowest BCUT2D eigenvalue weighted by molar-refractivity contribution is -0.747. The molecule has 0 spiro atoms. The molecule has 1 unspecified atom stereocenters. The van der Waals surface area contributed by atoms with E-state index < -0.39 is 40.3 Å². The molecule has 0 radical (unpaired) electrons. The molecule has 12 heteroatoms. The fraction of sp³-hybridized carbons (Fsp3) is 0.278. The van der Waals surface area contributed by atoms with Gasteiger partial charge in [0.05, 0.1) is 17.2 Å². The number of hydrogen-bond donors (Lipinski definition) is 0. The number of fused-ring (bicyclic) bond motifs is 1. The molecule has 2 aromatic carbocycles. The van der Waals surface area contributed by atoms with Crippen LogP contribution in [-0.2, 0) is 15.7 Å². The van der Waals surface area contributed by atoms with E-state index in [0.29, 0.717) is 6.07 Å². The summed E-state index contributed by atoms with van der Waals surface area (Å²) < 4.78 is 63.7. The predicted octanol–water partition coefficient (Wildman–Crippen LogP) is 4.40. The normalized spacial score (nSPS) is 12.8. The molecule has 30 heavy (non-hydrogen) atoms. The van der Waals surface area contributed by atoms with Crippen molar-refractivity contribution < 1.29 is 36.8 Å². The van der Waals surface area contributed by atoms with Crippen LogP contribution >= 0.6 is 11.6 Å². The molecule has 1 aromatic heterocycles. The number of carbonyl (C=O) groups is 1. The molecule has 0 aliphatic heterocycles. The van der Waals surface area contributed by atoms with Crippen LogP contribution in [0, 0.1) is 11.0 Å². The first-order valence-corrected chi connectivity index (χ1v) is 8.93. The minimum atomic E-state index is -4.78. The number of ether oxygens (including phenoxy) is 2. The first kappa shape index (κ1) is 21.6. The minimum Gasteiger partial charge on any atom is -0.571 e. The molecular formula is C18H14ClF4N3O4. The van der Waals surface area contributed by atoms with Crippen LogP contribution in [-0.4, -0.2) is 22.4 Å². The molecule has 1 heterocycles. The maximum atomic E-state index is 14.2. The average Bonchev–Trinajstić information content (AvgIpc) is 2.98. The van der Waals surface area contributed by atoms with Gasteiger partial charge in [0.1, 0.15) is 11.3 Å². The molecule has 160 valence electrons. The van der Waals surface area contributed by atoms with Crippen molar-refractivity contribution >= 4 is 28.6 Å². The van der Waals surface area contributed by atoms with Gasteiger partial charge < -0.3 is 14.7 Å². The number of benzene rings is 2. The van der Waals surface area contributed by atoms with Gasteiger partial charge in [-0.05, 0) is 38.1 Å². The van der Waals surface area contributed by atoms with E-state index in [1.807, 2.05) is 0 Å². The predicted molar refractivity (Wildman–Crippen MR) is 96.5 cm³/mol. The lowest BCUT2D eigenvalue weighted by Gasteiger charge is -2.13. The molecule has 7 nitrogen and oxygen atoms in total. The standard InChI is InChI=1S/C18H14ClF4N3O4/c1-3-29-17(27)9(2)25-15-8-11(4-5-14(15)24-26(25)28)30-16-12(19)6-10(7-13(16)20)18(21,22)23/h4-9H,3H2,1-2H3. The smallest absolute Gasteiger partial charge is 0.416 e. The lowest BCUT2D eigenvalue weighted by atomic mass is 10.2. The molecule has 0 saturated heterocycles. The quantitative estimate of drug-likeness (QED) is 0.251. The SMILES string of the molecule is CCOC(=O)C(C)n1c2cc(Oc3c(F)cc(C(F)(F)F)cc3Cl)ccc2n[n+]1[O-]. The van der Waals surface area contributed by atoms with Crippen LogP contribution in [0.2, 0.25) is 5.02 Å². The third kappa shape index (κ3) is 4.11. The first-order valence-electron chi connectivity index (χ1n) is 8.55. The van der Waals surface area contributed by atoms with Crippen LogP contribution in [0.15, 0.2) is 30.3 Å². The fourth-order valence-electron chi connectivity index (χ4n) is 2.73. The Labute approximate surface area is 171 Å².